The van der Waals surface area contributed by atoms with Gasteiger partial charge in [0.25, 0.3) is 5.91 Å². The summed E-state index contributed by atoms with van der Waals surface area (Å²) < 4.78 is 33.4. The van der Waals surface area contributed by atoms with Crippen molar-refractivity contribution in [3.63, 3.8) is 0 Å². The molecule has 0 spiro atoms. The highest BCUT2D eigenvalue weighted by atomic mass is 19.2. The van der Waals surface area contributed by atoms with E-state index < -0.39 is 23.0 Å². The molecule has 2 heterocycles. The lowest BCUT2D eigenvalue weighted by molar-refractivity contribution is 0.0564. The Labute approximate surface area is 162 Å². The lowest BCUT2D eigenvalue weighted by Gasteiger charge is -2.36. The van der Waals surface area contributed by atoms with Crippen LogP contribution in [0.4, 0.5) is 8.78 Å². The van der Waals surface area contributed by atoms with Gasteiger partial charge in [0.15, 0.2) is 11.6 Å². The number of hydrogen-bond donors (Lipinski definition) is 1. The number of amides is 1. The van der Waals surface area contributed by atoms with Gasteiger partial charge in [-0.25, -0.2) is 8.78 Å². The summed E-state index contributed by atoms with van der Waals surface area (Å²) in [4.78, 5) is 14.9. The molecule has 6 heteroatoms. The van der Waals surface area contributed by atoms with Crippen LogP contribution in [0.1, 0.15) is 35.2 Å². The van der Waals surface area contributed by atoms with E-state index in [0.717, 1.165) is 24.5 Å². The first kappa shape index (κ1) is 18.9. The van der Waals surface area contributed by atoms with Crippen LogP contribution >= 0.6 is 0 Å². The van der Waals surface area contributed by atoms with Gasteiger partial charge in [-0.1, -0.05) is 30.3 Å². The molecule has 2 saturated heterocycles. The Hall–Kier alpha value is -2.47. The van der Waals surface area contributed by atoms with Crippen LogP contribution in [-0.2, 0) is 6.42 Å². The van der Waals surface area contributed by atoms with Crippen molar-refractivity contribution < 1.29 is 23.4 Å². The highest BCUT2D eigenvalue weighted by Crippen LogP contribution is 2.52. The summed E-state index contributed by atoms with van der Waals surface area (Å²) in [7, 11) is 1.33. The Balaban J connectivity index is 1.69. The third kappa shape index (κ3) is 2.87. The van der Waals surface area contributed by atoms with E-state index >= 15 is 0 Å². The number of rotatable bonds is 5. The Morgan fingerprint density at radius 1 is 1.21 bits per heavy atom. The Morgan fingerprint density at radius 2 is 1.96 bits per heavy atom. The van der Waals surface area contributed by atoms with E-state index in [0.29, 0.717) is 12.8 Å². The van der Waals surface area contributed by atoms with E-state index in [4.69, 9.17) is 4.74 Å². The smallest absolute Gasteiger partial charge is 0.261 e. The van der Waals surface area contributed by atoms with Crippen LogP contribution in [0.25, 0.3) is 0 Å². The number of nitrogens with zero attached hydrogens (tertiary/aromatic N) is 1. The van der Waals surface area contributed by atoms with Gasteiger partial charge in [-0.2, -0.15) is 0 Å². The van der Waals surface area contributed by atoms with Gasteiger partial charge in [0, 0.05) is 17.5 Å². The third-order valence-corrected chi connectivity index (χ3v) is 6.29. The largest absolute Gasteiger partial charge is 0.496 e. The standard InChI is InChI=1S/C22H23F2NO3/c1-28-17-9-8-16(23)20(24)19(17)21(27)25-15-7-10-18(25)22(12-15,13-26)11-14-5-3-2-4-6-14/h2-6,8-9,15,18,26H,7,10-13H2,1H3/t15-,18+,22-/m0/s1. The van der Waals surface area contributed by atoms with Gasteiger partial charge in [-0.15, -0.1) is 0 Å². The number of benzene rings is 2. The summed E-state index contributed by atoms with van der Waals surface area (Å²) in [6.07, 6.45) is 2.82. The number of carbonyl (C=O) groups excluding carboxylic acids is 1. The molecular weight excluding hydrogens is 364 g/mol. The van der Waals surface area contributed by atoms with Crippen molar-refractivity contribution in [1.29, 1.82) is 0 Å². The first-order chi connectivity index (χ1) is 13.5. The summed E-state index contributed by atoms with van der Waals surface area (Å²) in [5.74, 6) is -2.81. The predicted octanol–water partition coefficient (Wildman–Crippen LogP) is 3.57. The molecule has 1 N–H and O–H groups in total. The van der Waals surface area contributed by atoms with Crippen LogP contribution in [-0.4, -0.2) is 41.7 Å². The van der Waals surface area contributed by atoms with Crippen LogP contribution < -0.4 is 4.74 Å². The number of methoxy groups -OCH3 is 1. The zero-order valence-corrected chi connectivity index (χ0v) is 15.7. The van der Waals surface area contributed by atoms with Crippen molar-refractivity contribution in [2.45, 2.75) is 37.8 Å². The van der Waals surface area contributed by atoms with E-state index in [1.165, 1.54) is 13.2 Å². The molecule has 2 fully saturated rings. The lowest BCUT2D eigenvalue weighted by Crippen LogP contribution is -2.44. The molecular formula is C22H23F2NO3. The van der Waals surface area contributed by atoms with Gasteiger partial charge in [0.05, 0.1) is 13.7 Å². The lowest BCUT2D eigenvalue weighted by atomic mass is 9.70. The summed E-state index contributed by atoms with van der Waals surface area (Å²) in [6.45, 7) is -0.0599. The predicted molar refractivity (Wildman–Crippen MR) is 100 cm³/mol. The fourth-order valence-electron chi connectivity index (χ4n) is 5.05. The zero-order chi connectivity index (χ0) is 19.9. The summed E-state index contributed by atoms with van der Waals surface area (Å²) in [6, 6.07) is 11.8. The maximum atomic E-state index is 14.5. The third-order valence-electron chi connectivity index (χ3n) is 6.29. The fourth-order valence-corrected chi connectivity index (χ4v) is 5.05. The molecule has 28 heavy (non-hydrogen) atoms. The van der Waals surface area contributed by atoms with Crippen LogP contribution in [0.5, 0.6) is 5.75 Å². The minimum atomic E-state index is -1.19. The number of fused-ring (bicyclic) bond motifs is 2. The van der Waals surface area contributed by atoms with Gasteiger partial charge < -0.3 is 14.7 Å². The van der Waals surface area contributed by atoms with Gasteiger partial charge in [0.2, 0.25) is 0 Å². The Morgan fingerprint density at radius 3 is 2.64 bits per heavy atom. The van der Waals surface area contributed by atoms with Crippen molar-refractivity contribution in [3.05, 3.63) is 65.2 Å². The number of hydrogen-bond acceptors (Lipinski definition) is 3. The first-order valence-electron chi connectivity index (χ1n) is 9.50. The van der Waals surface area contributed by atoms with Crippen molar-refractivity contribution >= 4 is 5.91 Å². The second-order valence-corrected chi connectivity index (χ2v) is 7.79. The second kappa shape index (κ2) is 7.17. The molecule has 2 bridgehead atoms. The highest BCUT2D eigenvalue weighted by Gasteiger charge is 2.57. The van der Waals surface area contributed by atoms with Crippen molar-refractivity contribution in [1.82, 2.24) is 4.90 Å². The number of aliphatic hydroxyl groups excluding tert-OH is 1. The number of halogens is 2. The molecule has 0 saturated carbocycles. The minimum absolute atomic E-state index is 0.0212. The monoisotopic (exact) mass is 387 g/mol. The molecule has 2 aliphatic heterocycles. The quantitative estimate of drug-likeness (QED) is 0.853. The molecule has 2 aliphatic rings. The number of ether oxygens (including phenoxy) is 1. The van der Waals surface area contributed by atoms with E-state index in [1.807, 2.05) is 30.3 Å². The molecule has 0 radical (unpaired) electrons. The summed E-state index contributed by atoms with van der Waals surface area (Å²) in [5.41, 5.74) is 0.246. The molecule has 4 rings (SSSR count). The molecule has 0 aliphatic carbocycles. The maximum absolute atomic E-state index is 14.5. The fraction of sp³-hybridized carbons (Fsp3) is 0.409. The van der Waals surface area contributed by atoms with Gasteiger partial charge >= 0.3 is 0 Å². The Kier molecular flexibility index (Phi) is 4.83. The van der Waals surface area contributed by atoms with Gasteiger partial charge in [-0.3, -0.25) is 4.79 Å². The van der Waals surface area contributed by atoms with E-state index in [-0.39, 0.29) is 30.0 Å². The maximum Gasteiger partial charge on any atom is 0.261 e. The van der Waals surface area contributed by atoms with Crippen LogP contribution in [0.2, 0.25) is 0 Å². The van der Waals surface area contributed by atoms with Crippen LogP contribution in [0.15, 0.2) is 42.5 Å². The number of aliphatic hydroxyl groups is 1. The molecule has 2 aromatic carbocycles. The molecule has 148 valence electrons. The van der Waals surface area contributed by atoms with Gasteiger partial charge in [0.1, 0.15) is 11.3 Å². The minimum Gasteiger partial charge on any atom is -0.496 e. The van der Waals surface area contributed by atoms with Crippen molar-refractivity contribution in [2.24, 2.45) is 5.41 Å². The molecule has 0 unspecified atom stereocenters. The molecule has 1 amide bonds. The molecule has 4 nitrogen and oxygen atoms in total. The Bertz CT molecular complexity index is 889. The average Bonchev–Trinajstić information content (AvgIpc) is 3.26. The second-order valence-electron chi connectivity index (χ2n) is 7.79. The first-order valence-corrected chi connectivity index (χ1v) is 9.50. The topological polar surface area (TPSA) is 49.8 Å². The van der Waals surface area contributed by atoms with E-state index in [9.17, 15) is 18.7 Å². The van der Waals surface area contributed by atoms with Crippen LogP contribution in [0.3, 0.4) is 0 Å². The van der Waals surface area contributed by atoms with E-state index in [2.05, 4.69) is 0 Å². The number of carbonyl (C=O) groups is 1. The van der Waals surface area contributed by atoms with Crippen LogP contribution in [0, 0.1) is 17.0 Å². The molecule has 2 aromatic rings. The average molecular weight is 387 g/mol. The molecule has 0 aromatic heterocycles. The summed E-state index contributed by atoms with van der Waals surface area (Å²) in [5, 5.41) is 10.3. The zero-order valence-electron chi connectivity index (χ0n) is 15.7. The van der Waals surface area contributed by atoms with Gasteiger partial charge in [-0.05, 0) is 43.4 Å². The van der Waals surface area contributed by atoms with Crippen molar-refractivity contribution in [2.75, 3.05) is 13.7 Å². The SMILES string of the molecule is COc1ccc(F)c(F)c1C(=O)N1[C@H]2CC[C@@H]1[C@@](CO)(Cc1ccccc1)C2. The normalized spacial score (nSPS) is 25.9. The molecule has 3 atom stereocenters. The summed E-state index contributed by atoms with van der Waals surface area (Å²) >= 11 is 0. The van der Waals surface area contributed by atoms with Crippen molar-refractivity contribution in [3.8, 4) is 5.75 Å². The highest BCUT2D eigenvalue weighted by molar-refractivity contribution is 5.98. The van der Waals surface area contributed by atoms with E-state index in [1.54, 1.807) is 4.90 Å².